The molecule has 0 radical (unpaired) electrons. The number of hydrogen-bond donors (Lipinski definition) is 4. The summed E-state index contributed by atoms with van der Waals surface area (Å²) in [6.45, 7) is 3.73. The lowest BCUT2D eigenvalue weighted by Gasteiger charge is -2.40. The van der Waals surface area contributed by atoms with Crippen LogP contribution < -0.4 is 0 Å². The third-order valence-corrected chi connectivity index (χ3v) is 10.6. The van der Waals surface area contributed by atoms with Crippen molar-refractivity contribution in [1.82, 2.24) is 0 Å². The van der Waals surface area contributed by atoms with Crippen molar-refractivity contribution in [3.05, 3.63) is 12.2 Å². The number of carbonyl (C=O) groups excluding carboxylic acids is 2. The Balaban J connectivity index is 2.49. The molecule has 0 aromatic heterocycles. The maximum Gasteiger partial charge on any atom is 0.306 e. The van der Waals surface area contributed by atoms with E-state index in [9.17, 15) is 37.9 Å². The summed E-state index contributed by atoms with van der Waals surface area (Å²) in [6, 6.07) is 0. The van der Waals surface area contributed by atoms with Gasteiger partial charge in [0.25, 0.3) is 10.1 Å². The highest BCUT2D eigenvalue weighted by atomic mass is 32.2. The molecule has 1 rings (SSSR count). The van der Waals surface area contributed by atoms with Gasteiger partial charge < -0.3 is 34.3 Å². The second kappa shape index (κ2) is 32.5. The zero-order valence-electron chi connectivity index (χ0n) is 33.6. The molecule has 6 atom stereocenters. The van der Waals surface area contributed by atoms with E-state index < -0.39 is 71.2 Å². The van der Waals surface area contributed by atoms with Crippen molar-refractivity contribution in [2.45, 2.75) is 218 Å². The average Bonchev–Trinajstić information content (AvgIpc) is 3.13. The van der Waals surface area contributed by atoms with Crippen LogP contribution >= 0.6 is 0 Å². The molecule has 1 saturated heterocycles. The monoisotopic (exact) mass is 793 g/mol. The van der Waals surface area contributed by atoms with Gasteiger partial charge in [-0.2, -0.15) is 8.42 Å². The first-order chi connectivity index (χ1) is 26.0. The van der Waals surface area contributed by atoms with Gasteiger partial charge in [-0.05, 0) is 38.5 Å². The Morgan fingerprint density at radius 2 is 1.06 bits per heavy atom. The van der Waals surface area contributed by atoms with Crippen molar-refractivity contribution in [2.24, 2.45) is 0 Å². The zero-order chi connectivity index (χ0) is 39.9. The Morgan fingerprint density at radius 1 is 0.611 bits per heavy atom. The summed E-state index contributed by atoms with van der Waals surface area (Å²) < 4.78 is 53.9. The van der Waals surface area contributed by atoms with Crippen LogP contribution in [0.1, 0.15) is 181 Å². The number of allylic oxidation sites excluding steroid dienone is 2. The summed E-state index contributed by atoms with van der Waals surface area (Å²) in [7, 11) is -4.60. The van der Waals surface area contributed by atoms with E-state index in [1.807, 2.05) is 0 Å². The van der Waals surface area contributed by atoms with Crippen molar-refractivity contribution in [2.75, 3.05) is 19.0 Å². The molecule has 0 aromatic rings. The fourth-order valence-corrected chi connectivity index (χ4v) is 7.19. The van der Waals surface area contributed by atoms with Crippen LogP contribution in [0.4, 0.5) is 0 Å². The SMILES string of the molecule is CCCCCCCCCC/C=C/CCCCCC(=O)O[C@H](COC(=O)CCCCCCCCCCCCC)CO[C@H]1O[C@H](CS(=O)(=O)O)[C@@H](O)C(O)C1O. The van der Waals surface area contributed by atoms with Gasteiger partial charge in [0.1, 0.15) is 36.8 Å². The fraction of sp³-hybridized carbons (Fsp3) is 0.902. The largest absolute Gasteiger partial charge is 0.462 e. The predicted octanol–water partition coefficient (Wildman–Crippen LogP) is 7.89. The summed E-state index contributed by atoms with van der Waals surface area (Å²) in [5, 5.41) is 30.8. The number of unbranched alkanes of at least 4 members (excludes halogenated alkanes) is 21. The molecular weight excluding hydrogens is 717 g/mol. The molecule has 1 heterocycles. The second-order valence-corrected chi connectivity index (χ2v) is 16.5. The van der Waals surface area contributed by atoms with E-state index in [4.69, 9.17) is 18.9 Å². The second-order valence-electron chi connectivity index (χ2n) is 15.0. The van der Waals surface area contributed by atoms with E-state index in [1.165, 1.54) is 96.3 Å². The molecule has 12 nitrogen and oxygen atoms in total. The van der Waals surface area contributed by atoms with Crippen molar-refractivity contribution < 1.29 is 56.8 Å². The molecule has 1 aliphatic heterocycles. The number of hydrogen-bond acceptors (Lipinski definition) is 11. The van der Waals surface area contributed by atoms with E-state index in [0.29, 0.717) is 12.8 Å². The minimum Gasteiger partial charge on any atom is -0.462 e. The Hall–Kier alpha value is -1.61. The maximum atomic E-state index is 12.8. The molecule has 0 spiro atoms. The van der Waals surface area contributed by atoms with Gasteiger partial charge in [0.2, 0.25) is 0 Å². The number of ether oxygens (including phenoxy) is 4. The summed E-state index contributed by atoms with van der Waals surface area (Å²) >= 11 is 0. The van der Waals surface area contributed by atoms with E-state index in [-0.39, 0.29) is 19.4 Å². The normalized spacial score (nSPS) is 21.0. The van der Waals surface area contributed by atoms with Gasteiger partial charge in [-0.25, -0.2) is 0 Å². The van der Waals surface area contributed by atoms with Crippen LogP contribution in [0.5, 0.6) is 0 Å². The quantitative estimate of drug-likeness (QED) is 0.0211. The molecular formula is C41H76O12S. The molecule has 13 heteroatoms. The third kappa shape index (κ3) is 27.1. The summed E-state index contributed by atoms with van der Waals surface area (Å²) in [6.07, 6.45) is 22.7. The highest BCUT2D eigenvalue weighted by molar-refractivity contribution is 7.85. The van der Waals surface area contributed by atoms with Crippen LogP contribution in [0.15, 0.2) is 12.2 Å². The molecule has 2 unspecified atom stereocenters. The molecule has 4 N–H and O–H groups in total. The van der Waals surface area contributed by atoms with Crippen molar-refractivity contribution >= 4 is 22.1 Å². The number of esters is 2. The minimum absolute atomic E-state index is 0.148. The summed E-state index contributed by atoms with van der Waals surface area (Å²) in [4.78, 5) is 25.3. The molecule has 0 aliphatic carbocycles. The first-order valence-corrected chi connectivity index (χ1v) is 22.9. The highest BCUT2D eigenvalue weighted by Gasteiger charge is 2.46. The molecule has 0 aromatic carbocycles. The van der Waals surface area contributed by atoms with Crippen LogP contribution in [0.2, 0.25) is 0 Å². The minimum atomic E-state index is -4.60. The first-order valence-electron chi connectivity index (χ1n) is 21.2. The molecule has 0 bridgehead atoms. The molecule has 318 valence electrons. The smallest absolute Gasteiger partial charge is 0.306 e. The topological polar surface area (TPSA) is 186 Å². The van der Waals surface area contributed by atoms with Crippen LogP contribution in [0.3, 0.4) is 0 Å². The van der Waals surface area contributed by atoms with Gasteiger partial charge in [0.15, 0.2) is 12.4 Å². The van der Waals surface area contributed by atoms with Crippen LogP contribution in [-0.4, -0.2) is 96.0 Å². The zero-order valence-corrected chi connectivity index (χ0v) is 34.4. The Morgan fingerprint density at radius 3 is 1.56 bits per heavy atom. The molecule has 1 fully saturated rings. The van der Waals surface area contributed by atoms with Crippen molar-refractivity contribution in [1.29, 1.82) is 0 Å². The maximum absolute atomic E-state index is 12.8. The Bertz CT molecular complexity index is 1070. The van der Waals surface area contributed by atoms with Crippen LogP contribution in [-0.2, 0) is 38.7 Å². The number of aliphatic hydroxyl groups excluding tert-OH is 3. The summed E-state index contributed by atoms with van der Waals surface area (Å²) in [5.41, 5.74) is 0. The van der Waals surface area contributed by atoms with Gasteiger partial charge in [-0.3, -0.25) is 14.1 Å². The molecule has 54 heavy (non-hydrogen) atoms. The van der Waals surface area contributed by atoms with Gasteiger partial charge in [-0.1, -0.05) is 142 Å². The molecule has 0 amide bonds. The van der Waals surface area contributed by atoms with Gasteiger partial charge in [-0.15, -0.1) is 0 Å². The first kappa shape index (κ1) is 50.4. The van der Waals surface area contributed by atoms with Crippen LogP contribution in [0, 0.1) is 0 Å². The summed E-state index contributed by atoms with van der Waals surface area (Å²) in [5.74, 6) is -2.00. The van der Waals surface area contributed by atoms with Crippen molar-refractivity contribution in [3.63, 3.8) is 0 Å². The van der Waals surface area contributed by atoms with E-state index in [0.717, 1.165) is 44.9 Å². The number of rotatable bonds is 35. The Kier molecular flexibility index (Phi) is 30.3. The van der Waals surface area contributed by atoms with Crippen molar-refractivity contribution in [3.8, 4) is 0 Å². The average molecular weight is 793 g/mol. The number of aliphatic hydroxyl groups is 3. The van der Waals surface area contributed by atoms with Crippen LogP contribution in [0.25, 0.3) is 0 Å². The van der Waals surface area contributed by atoms with E-state index in [1.54, 1.807) is 0 Å². The van der Waals surface area contributed by atoms with Gasteiger partial charge in [0.05, 0.1) is 6.61 Å². The molecule has 1 aliphatic rings. The van der Waals surface area contributed by atoms with Gasteiger partial charge in [0, 0.05) is 12.8 Å². The lowest BCUT2D eigenvalue weighted by atomic mass is 10.00. The molecule has 0 saturated carbocycles. The Labute approximate surface area is 326 Å². The third-order valence-electron chi connectivity index (χ3n) is 9.85. The number of carbonyl (C=O) groups is 2. The standard InChI is InChI=1S/C41H76O12S/c1-3-5-7-9-11-13-15-16-17-18-20-22-24-26-28-30-37(43)52-34(31-50-36(42)29-27-25-23-21-19-14-12-10-8-6-4-2)32-51-41-40(46)39(45)38(44)35(53-41)33-54(47,48)49/h18,20,34-35,38-41,44-46H,3-17,19,21-33H2,1-2H3,(H,47,48,49)/b20-18+/t34-,35-,38-,39?,40?,41+/m1/s1. The highest BCUT2D eigenvalue weighted by Crippen LogP contribution is 2.24. The lowest BCUT2D eigenvalue weighted by Crippen LogP contribution is -2.60. The fourth-order valence-electron chi connectivity index (χ4n) is 6.49. The predicted molar refractivity (Wildman–Crippen MR) is 210 cm³/mol. The lowest BCUT2D eigenvalue weighted by molar-refractivity contribution is -0.297. The van der Waals surface area contributed by atoms with E-state index >= 15 is 0 Å². The van der Waals surface area contributed by atoms with E-state index in [2.05, 4.69) is 26.0 Å². The van der Waals surface area contributed by atoms with Gasteiger partial charge >= 0.3 is 11.9 Å².